The lowest BCUT2D eigenvalue weighted by Crippen LogP contribution is -2.54. The molecule has 0 aromatic heterocycles. The van der Waals surface area contributed by atoms with E-state index in [-0.39, 0.29) is 34.7 Å². The number of nitrogens with two attached hydrogens (primary N) is 1. The number of piperidine rings is 1. The minimum Gasteiger partial charge on any atom is -0.385 e. The second-order valence-electron chi connectivity index (χ2n) is 9.87. The Balaban J connectivity index is 1.71. The number of amides is 2. The molecular formula is C26H41ClFN3O4. The van der Waals surface area contributed by atoms with Gasteiger partial charge in [-0.25, -0.2) is 9.18 Å². The van der Waals surface area contributed by atoms with Crippen LogP contribution in [0.3, 0.4) is 0 Å². The molecule has 2 aliphatic rings. The summed E-state index contributed by atoms with van der Waals surface area (Å²) in [6.45, 7) is 2.57. The van der Waals surface area contributed by atoms with Gasteiger partial charge >= 0.3 is 6.03 Å². The Morgan fingerprint density at radius 3 is 2.91 bits per heavy atom. The van der Waals surface area contributed by atoms with Crippen LogP contribution in [0.4, 0.5) is 9.18 Å². The summed E-state index contributed by atoms with van der Waals surface area (Å²) in [6, 6.07) is 4.37. The SMILES string of the molecule is COCCCC[C@@](O)(c1cccc(Cl)c1F)[C@@H]1CCCN(C(=O)N[C@H](CN)CC2CCCCO2)C1. The number of hydrogen-bond acceptors (Lipinski definition) is 5. The van der Waals surface area contributed by atoms with Crippen molar-refractivity contribution in [1.82, 2.24) is 10.2 Å². The van der Waals surface area contributed by atoms with E-state index in [1.54, 1.807) is 24.1 Å². The van der Waals surface area contributed by atoms with Gasteiger partial charge in [0.25, 0.3) is 0 Å². The van der Waals surface area contributed by atoms with Crippen molar-refractivity contribution in [3.8, 4) is 0 Å². The molecule has 2 aliphatic heterocycles. The topological polar surface area (TPSA) is 97.1 Å². The third-order valence-corrected chi connectivity index (χ3v) is 7.68. The highest BCUT2D eigenvalue weighted by molar-refractivity contribution is 6.30. The molecule has 1 aromatic rings. The van der Waals surface area contributed by atoms with E-state index in [0.717, 1.165) is 38.7 Å². The van der Waals surface area contributed by atoms with Gasteiger partial charge in [-0.3, -0.25) is 0 Å². The number of methoxy groups -OCH3 is 1. The number of rotatable bonds is 11. The summed E-state index contributed by atoms with van der Waals surface area (Å²) >= 11 is 6.07. The van der Waals surface area contributed by atoms with Gasteiger partial charge in [0.15, 0.2) is 0 Å². The normalized spacial score (nSPS) is 23.5. The number of nitrogens with one attached hydrogen (secondary N) is 1. The van der Waals surface area contributed by atoms with Crippen LogP contribution in [0.25, 0.3) is 0 Å². The zero-order valence-corrected chi connectivity index (χ0v) is 21.6. The summed E-state index contributed by atoms with van der Waals surface area (Å²) in [5.74, 6) is -0.920. The average molecular weight is 514 g/mol. The smallest absolute Gasteiger partial charge is 0.317 e. The highest BCUT2D eigenvalue weighted by atomic mass is 35.5. The summed E-state index contributed by atoms with van der Waals surface area (Å²) in [4.78, 5) is 14.9. The van der Waals surface area contributed by atoms with E-state index in [1.807, 2.05) is 0 Å². The molecule has 0 bridgehead atoms. The summed E-state index contributed by atoms with van der Waals surface area (Å²) in [5.41, 5.74) is 4.72. The second-order valence-corrected chi connectivity index (χ2v) is 10.3. The van der Waals surface area contributed by atoms with E-state index in [0.29, 0.717) is 51.9 Å². The molecule has 2 amide bonds. The van der Waals surface area contributed by atoms with Gasteiger partial charge in [-0.05, 0) is 63.9 Å². The number of halogens is 2. The van der Waals surface area contributed by atoms with Crippen molar-refractivity contribution in [2.24, 2.45) is 11.7 Å². The van der Waals surface area contributed by atoms with Crippen molar-refractivity contribution in [3.63, 3.8) is 0 Å². The van der Waals surface area contributed by atoms with Gasteiger partial charge in [-0.2, -0.15) is 0 Å². The fourth-order valence-electron chi connectivity index (χ4n) is 5.38. The first kappa shape index (κ1) is 28.1. The second kappa shape index (κ2) is 13.7. The molecule has 0 radical (unpaired) electrons. The zero-order valence-electron chi connectivity index (χ0n) is 20.8. The standard InChI is InChI=1S/C26H41ClFN3O4/c1-34-14-5-3-12-26(33,22-10-6-11-23(27)24(22)28)19-8-7-13-31(18-19)25(32)30-20(17-29)16-21-9-2-4-15-35-21/h6,10-11,19-21,33H,2-5,7-9,12-18,29H2,1H3,(H,30,32)/t19-,20+,21?,26+/m1/s1. The quantitative estimate of drug-likeness (QED) is 0.385. The molecule has 2 heterocycles. The van der Waals surface area contributed by atoms with Crippen LogP contribution in [0.1, 0.15) is 63.4 Å². The zero-order chi connectivity index (χ0) is 25.3. The van der Waals surface area contributed by atoms with Crippen molar-refractivity contribution in [2.75, 3.05) is 40.0 Å². The number of urea groups is 1. The van der Waals surface area contributed by atoms with Gasteiger partial charge < -0.3 is 30.5 Å². The largest absolute Gasteiger partial charge is 0.385 e. The molecule has 7 nitrogen and oxygen atoms in total. The van der Waals surface area contributed by atoms with Crippen LogP contribution >= 0.6 is 11.6 Å². The summed E-state index contributed by atoms with van der Waals surface area (Å²) < 4.78 is 26.0. The Morgan fingerprint density at radius 1 is 1.37 bits per heavy atom. The molecule has 35 heavy (non-hydrogen) atoms. The molecule has 4 atom stereocenters. The number of benzene rings is 1. The Morgan fingerprint density at radius 2 is 2.20 bits per heavy atom. The molecule has 2 fully saturated rings. The van der Waals surface area contributed by atoms with Crippen LogP contribution in [-0.2, 0) is 15.1 Å². The lowest BCUT2D eigenvalue weighted by molar-refractivity contribution is -0.0588. The third-order valence-electron chi connectivity index (χ3n) is 7.39. The van der Waals surface area contributed by atoms with Gasteiger partial charge in [-0.1, -0.05) is 23.7 Å². The van der Waals surface area contributed by atoms with Gasteiger partial charge in [0.05, 0.1) is 16.7 Å². The van der Waals surface area contributed by atoms with Crippen molar-refractivity contribution >= 4 is 17.6 Å². The summed E-state index contributed by atoms with van der Waals surface area (Å²) in [7, 11) is 1.63. The van der Waals surface area contributed by atoms with Crippen LogP contribution in [0, 0.1) is 11.7 Å². The Bertz CT molecular complexity index is 811. The number of likely N-dealkylation sites (tertiary alicyclic amines) is 1. The van der Waals surface area contributed by atoms with Crippen LogP contribution in [0.5, 0.6) is 0 Å². The number of unbranched alkanes of at least 4 members (excludes halogenated alkanes) is 1. The third kappa shape index (κ3) is 7.52. The number of ether oxygens (including phenoxy) is 2. The first-order valence-electron chi connectivity index (χ1n) is 12.9. The number of carbonyl (C=O) groups excluding carboxylic acids is 1. The maximum absolute atomic E-state index is 15.1. The van der Waals surface area contributed by atoms with E-state index < -0.39 is 11.4 Å². The molecule has 1 aromatic carbocycles. The van der Waals surface area contributed by atoms with Gasteiger partial charge in [0.1, 0.15) is 5.82 Å². The summed E-state index contributed by atoms with van der Waals surface area (Å²) in [5, 5.41) is 15.0. The molecule has 9 heteroatoms. The maximum Gasteiger partial charge on any atom is 0.317 e. The van der Waals surface area contributed by atoms with E-state index in [9.17, 15) is 9.90 Å². The first-order valence-corrected chi connectivity index (χ1v) is 13.3. The predicted octanol–water partition coefficient (Wildman–Crippen LogP) is 4.19. The van der Waals surface area contributed by atoms with E-state index in [4.69, 9.17) is 26.8 Å². The molecule has 2 saturated heterocycles. The van der Waals surface area contributed by atoms with Crippen LogP contribution < -0.4 is 11.1 Å². The van der Waals surface area contributed by atoms with Crippen molar-refractivity contribution < 1.29 is 23.8 Å². The van der Waals surface area contributed by atoms with Crippen LogP contribution in [0.15, 0.2) is 18.2 Å². The molecule has 198 valence electrons. The molecule has 0 spiro atoms. The molecule has 0 aliphatic carbocycles. The number of carbonyl (C=O) groups is 1. The lowest BCUT2D eigenvalue weighted by atomic mass is 9.74. The fourth-order valence-corrected chi connectivity index (χ4v) is 5.55. The number of nitrogens with zero attached hydrogens (tertiary/aromatic N) is 1. The average Bonchev–Trinajstić information content (AvgIpc) is 2.88. The molecule has 0 saturated carbocycles. The van der Waals surface area contributed by atoms with E-state index in [2.05, 4.69) is 5.32 Å². The highest BCUT2D eigenvalue weighted by Gasteiger charge is 2.43. The van der Waals surface area contributed by atoms with Crippen LogP contribution in [0.2, 0.25) is 5.02 Å². The van der Waals surface area contributed by atoms with Gasteiger partial charge in [0, 0.05) is 57.5 Å². The van der Waals surface area contributed by atoms with E-state index >= 15 is 4.39 Å². The number of aliphatic hydroxyl groups is 1. The predicted molar refractivity (Wildman–Crippen MR) is 135 cm³/mol. The minimum atomic E-state index is -1.44. The van der Waals surface area contributed by atoms with Crippen LogP contribution in [-0.4, -0.2) is 68.1 Å². The van der Waals surface area contributed by atoms with Gasteiger partial charge in [0.2, 0.25) is 0 Å². The molecule has 3 rings (SSSR count). The lowest BCUT2D eigenvalue weighted by Gasteiger charge is -2.43. The highest BCUT2D eigenvalue weighted by Crippen LogP contribution is 2.42. The maximum atomic E-state index is 15.1. The van der Waals surface area contributed by atoms with Crippen molar-refractivity contribution in [3.05, 3.63) is 34.6 Å². The fraction of sp³-hybridized carbons (Fsp3) is 0.731. The minimum absolute atomic E-state index is 0.0149. The Labute approximate surface area is 213 Å². The molecular weight excluding hydrogens is 473 g/mol. The molecule has 1 unspecified atom stereocenters. The Hall–Kier alpha value is -1.45. The first-order chi connectivity index (χ1) is 16.9. The molecule has 4 N–H and O–H groups in total. The van der Waals surface area contributed by atoms with E-state index in [1.165, 1.54) is 6.07 Å². The number of hydrogen-bond donors (Lipinski definition) is 3. The Kier molecular flexibility index (Phi) is 11.0. The summed E-state index contributed by atoms with van der Waals surface area (Å²) in [6.07, 6.45) is 7.18. The monoisotopic (exact) mass is 513 g/mol. The van der Waals surface area contributed by atoms with Crippen molar-refractivity contribution in [2.45, 2.75) is 75.5 Å². The van der Waals surface area contributed by atoms with Gasteiger partial charge in [-0.15, -0.1) is 0 Å². The van der Waals surface area contributed by atoms with Crippen molar-refractivity contribution in [1.29, 1.82) is 0 Å².